The number of hydrogen-bond donors (Lipinski definition) is 1. The van der Waals surface area contributed by atoms with Crippen LogP contribution in [0.15, 0.2) is 61.2 Å². The van der Waals surface area contributed by atoms with Gasteiger partial charge in [0.2, 0.25) is 0 Å². The molecular weight excluding hydrogens is 322 g/mol. The Morgan fingerprint density at radius 3 is 2.68 bits per heavy atom. The third-order valence-electron chi connectivity index (χ3n) is 3.68. The lowest BCUT2D eigenvalue weighted by atomic mass is 10.1. The predicted octanol–water partition coefficient (Wildman–Crippen LogP) is 2.16. The largest absolute Gasteiger partial charge is 0.348 e. The summed E-state index contributed by atoms with van der Waals surface area (Å²) >= 11 is 0. The van der Waals surface area contributed by atoms with Crippen molar-refractivity contribution in [2.75, 3.05) is 0 Å². The Bertz CT molecular complexity index is 893. The molecule has 0 fully saturated rings. The summed E-state index contributed by atoms with van der Waals surface area (Å²) in [5.41, 5.74) is 2.09. The lowest BCUT2D eigenvalue weighted by Crippen LogP contribution is -2.23. The molecule has 0 bridgehead atoms. The van der Waals surface area contributed by atoms with E-state index < -0.39 is 4.92 Å². The maximum absolute atomic E-state index is 12.3. The maximum atomic E-state index is 12.3. The molecule has 0 aliphatic rings. The number of non-ortho nitro benzene ring substituents is 1. The van der Waals surface area contributed by atoms with Crippen molar-refractivity contribution in [1.29, 1.82) is 0 Å². The number of nitro groups is 1. The highest BCUT2D eigenvalue weighted by atomic mass is 16.6. The average Bonchev–Trinajstić information content (AvgIpc) is 3.14. The fraction of sp³-hybridized carbons (Fsp3) is 0.118. The van der Waals surface area contributed by atoms with Crippen LogP contribution in [0.1, 0.15) is 21.5 Å². The van der Waals surface area contributed by atoms with E-state index >= 15 is 0 Å². The minimum atomic E-state index is -0.524. The lowest BCUT2D eigenvalue weighted by Gasteiger charge is -2.11. The van der Waals surface area contributed by atoms with Gasteiger partial charge < -0.3 is 5.32 Å². The first-order valence-corrected chi connectivity index (χ1v) is 7.55. The van der Waals surface area contributed by atoms with Gasteiger partial charge in [0.25, 0.3) is 11.6 Å². The monoisotopic (exact) mass is 337 g/mol. The van der Waals surface area contributed by atoms with Crippen molar-refractivity contribution in [2.45, 2.75) is 13.1 Å². The Balaban J connectivity index is 1.70. The Hall–Kier alpha value is -3.55. The Kier molecular flexibility index (Phi) is 4.79. The van der Waals surface area contributed by atoms with E-state index in [2.05, 4.69) is 15.4 Å². The van der Waals surface area contributed by atoms with Crippen LogP contribution in [0.2, 0.25) is 0 Å². The van der Waals surface area contributed by atoms with Crippen LogP contribution in [-0.4, -0.2) is 25.6 Å². The third-order valence-corrected chi connectivity index (χ3v) is 3.68. The smallest absolute Gasteiger partial charge is 0.270 e. The standard InChI is InChI=1S/C17H15N5O3/c23-17(13-6-3-7-16(8-13)22(24)25)19-9-14-4-1-2-5-15(14)10-21-12-18-11-20-21/h1-8,11-12H,9-10H2,(H,19,23). The van der Waals surface area contributed by atoms with Crippen LogP contribution in [0.4, 0.5) is 5.69 Å². The van der Waals surface area contributed by atoms with Gasteiger partial charge in [0.15, 0.2) is 0 Å². The van der Waals surface area contributed by atoms with Gasteiger partial charge in [0.1, 0.15) is 12.7 Å². The number of nitro benzene ring substituents is 1. The molecule has 0 unspecified atom stereocenters. The van der Waals surface area contributed by atoms with Crippen molar-refractivity contribution < 1.29 is 9.72 Å². The van der Waals surface area contributed by atoms with Gasteiger partial charge in [-0.1, -0.05) is 30.3 Å². The van der Waals surface area contributed by atoms with E-state index in [0.717, 1.165) is 11.1 Å². The summed E-state index contributed by atoms with van der Waals surface area (Å²) < 4.78 is 1.70. The van der Waals surface area contributed by atoms with Crippen LogP contribution in [0, 0.1) is 10.1 Å². The van der Waals surface area contributed by atoms with Gasteiger partial charge in [0, 0.05) is 24.2 Å². The molecule has 0 saturated heterocycles. The second kappa shape index (κ2) is 7.35. The first kappa shape index (κ1) is 16.3. The summed E-state index contributed by atoms with van der Waals surface area (Å²) in [6.07, 6.45) is 3.09. The zero-order chi connectivity index (χ0) is 17.6. The predicted molar refractivity (Wildman–Crippen MR) is 89.8 cm³/mol. The fourth-order valence-corrected chi connectivity index (χ4v) is 2.41. The highest BCUT2D eigenvalue weighted by Crippen LogP contribution is 2.14. The first-order chi connectivity index (χ1) is 12.1. The minimum Gasteiger partial charge on any atom is -0.348 e. The molecule has 1 N–H and O–H groups in total. The molecule has 0 atom stereocenters. The van der Waals surface area contributed by atoms with Gasteiger partial charge in [-0.15, -0.1) is 0 Å². The molecule has 3 rings (SSSR count). The van der Waals surface area contributed by atoms with Gasteiger partial charge in [-0.25, -0.2) is 9.67 Å². The second-order valence-corrected chi connectivity index (χ2v) is 5.35. The highest BCUT2D eigenvalue weighted by Gasteiger charge is 2.12. The summed E-state index contributed by atoms with van der Waals surface area (Å²) in [4.78, 5) is 26.5. The molecule has 8 heteroatoms. The highest BCUT2D eigenvalue weighted by molar-refractivity contribution is 5.94. The number of rotatable bonds is 6. The lowest BCUT2D eigenvalue weighted by molar-refractivity contribution is -0.384. The number of benzene rings is 2. The summed E-state index contributed by atoms with van der Waals surface area (Å²) in [7, 11) is 0. The van der Waals surface area contributed by atoms with Gasteiger partial charge >= 0.3 is 0 Å². The number of aromatic nitrogens is 3. The van der Waals surface area contributed by atoms with Gasteiger partial charge in [-0.2, -0.15) is 5.10 Å². The molecule has 126 valence electrons. The number of hydrogen-bond acceptors (Lipinski definition) is 5. The Morgan fingerprint density at radius 2 is 1.96 bits per heavy atom. The quantitative estimate of drug-likeness (QED) is 0.548. The number of carbonyl (C=O) groups excluding carboxylic acids is 1. The summed E-state index contributed by atoms with van der Waals surface area (Å²) in [6.45, 7) is 0.856. The molecule has 0 aliphatic carbocycles. The molecule has 0 saturated carbocycles. The molecule has 0 spiro atoms. The van der Waals surface area contributed by atoms with Crippen LogP contribution in [-0.2, 0) is 13.1 Å². The van der Waals surface area contributed by atoms with Crippen molar-refractivity contribution in [3.8, 4) is 0 Å². The van der Waals surface area contributed by atoms with E-state index in [4.69, 9.17) is 0 Å². The van der Waals surface area contributed by atoms with Crippen LogP contribution in [0.3, 0.4) is 0 Å². The summed E-state index contributed by atoms with van der Waals surface area (Å²) in [5.74, 6) is -0.362. The normalized spacial score (nSPS) is 10.4. The third kappa shape index (κ3) is 4.05. The Morgan fingerprint density at radius 1 is 1.16 bits per heavy atom. The van der Waals surface area contributed by atoms with Crippen LogP contribution in [0.5, 0.6) is 0 Å². The number of amides is 1. The number of nitrogens with zero attached hydrogens (tertiary/aromatic N) is 4. The van der Waals surface area contributed by atoms with Crippen molar-refractivity contribution in [3.63, 3.8) is 0 Å². The SMILES string of the molecule is O=C(NCc1ccccc1Cn1cncn1)c1cccc([N+](=O)[O-])c1. The van der Waals surface area contributed by atoms with E-state index in [1.165, 1.54) is 24.5 Å². The molecule has 25 heavy (non-hydrogen) atoms. The summed E-state index contributed by atoms with van der Waals surface area (Å²) in [6, 6.07) is 13.3. The fourth-order valence-electron chi connectivity index (χ4n) is 2.41. The van der Waals surface area contributed by atoms with E-state index in [1.54, 1.807) is 17.1 Å². The minimum absolute atomic E-state index is 0.112. The van der Waals surface area contributed by atoms with Crippen LogP contribution < -0.4 is 5.32 Å². The van der Waals surface area contributed by atoms with E-state index in [9.17, 15) is 14.9 Å². The molecule has 8 nitrogen and oxygen atoms in total. The molecule has 0 radical (unpaired) electrons. The van der Waals surface area contributed by atoms with Gasteiger partial charge in [-0.3, -0.25) is 14.9 Å². The van der Waals surface area contributed by atoms with Crippen molar-refractivity contribution in [2.24, 2.45) is 0 Å². The molecule has 1 aromatic heterocycles. The maximum Gasteiger partial charge on any atom is 0.270 e. The zero-order valence-corrected chi connectivity index (χ0v) is 13.2. The van der Waals surface area contributed by atoms with Gasteiger partial charge in [-0.05, 0) is 17.2 Å². The molecule has 2 aromatic carbocycles. The number of nitrogens with one attached hydrogen (secondary N) is 1. The summed E-state index contributed by atoms with van der Waals surface area (Å²) in [5, 5.41) is 17.7. The molecule has 1 amide bonds. The van der Waals surface area contributed by atoms with Gasteiger partial charge in [0.05, 0.1) is 11.5 Å². The van der Waals surface area contributed by atoms with E-state index in [-0.39, 0.29) is 17.2 Å². The van der Waals surface area contributed by atoms with Crippen LogP contribution >= 0.6 is 0 Å². The molecule has 1 heterocycles. The topological polar surface area (TPSA) is 103 Å². The average molecular weight is 337 g/mol. The first-order valence-electron chi connectivity index (χ1n) is 7.55. The van der Waals surface area contributed by atoms with Crippen molar-refractivity contribution in [1.82, 2.24) is 20.1 Å². The second-order valence-electron chi connectivity index (χ2n) is 5.35. The zero-order valence-electron chi connectivity index (χ0n) is 13.2. The molecular formula is C17H15N5O3. The Labute approximate surface area is 143 Å². The van der Waals surface area contributed by atoms with Crippen molar-refractivity contribution >= 4 is 11.6 Å². The van der Waals surface area contributed by atoms with Crippen molar-refractivity contribution in [3.05, 3.63) is 88.0 Å². The van der Waals surface area contributed by atoms with E-state index in [1.807, 2.05) is 24.3 Å². The van der Waals surface area contributed by atoms with E-state index in [0.29, 0.717) is 13.1 Å². The van der Waals surface area contributed by atoms with Crippen LogP contribution in [0.25, 0.3) is 0 Å². The molecule has 3 aromatic rings. The molecule has 0 aliphatic heterocycles. The number of carbonyl (C=O) groups is 1.